The van der Waals surface area contributed by atoms with Crippen molar-refractivity contribution < 1.29 is 19.0 Å². The van der Waals surface area contributed by atoms with E-state index in [-0.39, 0.29) is 25.4 Å². The van der Waals surface area contributed by atoms with Gasteiger partial charge in [-0.2, -0.15) is 15.1 Å². The predicted octanol–water partition coefficient (Wildman–Crippen LogP) is 6.01. The molecular weight excluding hydrogens is 683 g/mol. The number of aryl methyl sites for hydroxylation is 1. The zero-order chi connectivity index (χ0) is 37.0. The first-order valence-corrected chi connectivity index (χ1v) is 19.6. The maximum atomic E-state index is 13.4. The number of anilines is 2. The fourth-order valence-electron chi connectivity index (χ4n) is 8.60. The van der Waals surface area contributed by atoms with Crippen molar-refractivity contribution in [2.24, 2.45) is 0 Å². The maximum absolute atomic E-state index is 13.4. The lowest BCUT2D eigenvalue weighted by Crippen LogP contribution is -2.56. The lowest BCUT2D eigenvalue weighted by molar-refractivity contribution is -0.0366. The van der Waals surface area contributed by atoms with Crippen molar-refractivity contribution in [3.05, 3.63) is 82.5 Å². The van der Waals surface area contributed by atoms with Gasteiger partial charge in [-0.05, 0) is 82.7 Å². The second-order valence-corrected chi connectivity index (χ2v) is 15.1. The molecule has 2 aromatic heterocycles. The van der Waals surface area contributed by atoms with Gasteiger partial charge in [0.1, 0.15) is 25.1 Å². The molecule has 2 aromatic carbocycles. The average Bonchev–Trinajstić information content (AvgIpc) is 3.76. The van der Waals surface area contributed by atoms with Crippen LogP contribution in [0.4, 0.5) is 16.3 Å². The molecule has 0 radical (unpaired) electrons. The number of hydrogen-bond donors (Lipinski definition) is 0. The largest absolute Gasteiger partial charge is 0.462 e. The number of likely N-dealkylation sites (tertiary alicyclic amines) is 1. The number of nitrogens with zero attached hydrogens (tertiary/aromatic N) is 9. The Morgan fingerprint density at radius 1 is 0.981 bits per heavy atom. The van der Waals surface area contributed by atoms with E-state index in [0.29, 0.717) is 44.8 Å². The molecule has 13 nitrogen and oxygen atoms in total. The van der Waals surface area contributed by atoms with E-state index in [4.69, 9.17) is 35.8 Å². The Morgan fingerprint density at radius 2 is 1.87 bits per heavy atom. The minimum absolute atomic E-state index is 0.0385. The second-order valence-electron chi connectivity index (χ2n) is 15.1. The molecule has 0 bridgehead atoms. The first kappa shape index (κ1) is 36.1. The van der Waals surface area contributed by atoms with Gasteiger partial charge in [0.2, 0.25) is 6.54 Å². The Kier molecular flexibility index (Phi) is 10.8. The van der Waals surface area contributed by atoms with Gasteiger partial charge in [0.15, 0.2) is 6.23 Å². The van der Waals surface area contributed by atoms with Crippen LogP contribution >= 0.6 is 0 Å². The van der Waals surface area contributed by atoms with Gasteiger partial charge < -0.3 is 33.8 Å². The normalized spacial score (nSPS) is 22.2. The van der Waals surface area contributed by atoms with Crippen LogP contribution in [0.15, 0.2) is 48.7 Å². The van der Waals surface area contributed by atoms with Gasteiger partial charge in [-0.25, -0.2) is 16.0 Å². The summed E-state index contributed by atoms with van der Waals surface area (Å²) in [5.74, 6) is 0.848. The SMILES string of the molecule is [C-]#[N+]C[C@H]1CN(c2nc(OC[C@@H]3CCCN3C)nc3c2CCCN(c2c(C)ccc4c2cnn4C2CCCCO2)C3)CCN1C(=O)OCc1ccccc1. The number of aromatic nitrogens is 4. The molecule has 0 saturated carbocycles. The highest BCUT2D eigenvalue weighted by Gasteiger charge is 2.36. The summed E-state index contributed by atoms with van der Waals surface area (Å²) in [5, 5.41) is 5.98. The molecule has 4 aromatic rings. The van der Waals surface area contributed by atoms with Crippen LogP contribution < -0.4 is 14.5 Å². The smallest absolute Gasteiger partial charge is 0.410 e. The Labute approximate surface area is 317 Å². The minimum Gasteiger partial charge on any atom is -0.462 e. The first-order valence-electron chi connectivity index (χ1n) is 19.6. The third-order valence-electron chi connectivity index (χ3n) is 11.5. The van der Waals surface area contributed by atoms with Gasteiger partial charge in [-0.3, -0.25) is 4.90 Å². The number of hydrogen-bond acceptors (Lipinski definition) is 10. The van der Waals surface area contributed by atoms with Gasteiger partial charge in [-0.1, -0.05) is 36.4 Å². The van der Waals surface area contributed by atoms with E-state index in [2.05, 4.69) is 50.3 Å². The maximum Gasteiger partial charge on any atom is 0.410 e. The monoisotopic (exact) mass is 733 g/mol. The molecular formula is C41H51N9O4. The van der Waals surface area contributed by atoms with Gasteiger partial charge in [0, 0.05) is 49.8 Å². The van der Waals surface area contributed by atoms with Crippen LogP contribution in [0.5, 0.6) is 6.01 Å². The van der Waals surface area contributed by atoms with Crippen molar-refractivity contribution in [2.75, 3.05) is 69.3 Å². The molecule has 3 atom stereocenters. The van der Waals surface area contributed by atoms with Crippen molar-refractivity contribution in [2.45, 2.75) is 83.3 Å². The molecule has 6 heterocycles. The highest BCUT2D eigenvalue weighted by atomic mass is 16.6. The highest BCUT2D eigenvalue weighted by molar-refractivity contribution is 5.94. The standard InChI is InChI=1S/C41H51N9O4/c1-29-16-17-36-34(24-43-50(36)37-15-7-8-22-52-37)38(29)47-19-10-14-33-35(26-47)44-40(53-28-31-13-9-18-46(31)3)45-39(33)48-20-21-49(32(25-48)23-42-2)41(51)54-27-30-11-5-4-6-12-30/h4-6,11-12,16-17,24,31-32,37H,7-10,13-15,18-23,25-28H2,1,3H3/t31-,32-,37?/m0/s1. The van der Waals surface area contributed by atoms with E-state index in [9.17, 15) is 4.79 Å². The molecule has 4 aliphatic rings. The number of likely N-dealkylation sites (N-methyl/N-ethyl adjacent to an activating group) is 1. The summed E-state index contributed by atoms with van der Waals surface area (Å²) in [7, 11) is 2.15. The van der Waals surface area contributed by atoms with Gasteiger partial charge >= 0.3 is 12.1 Å². The zero-order valence-corrected chi connectivity index (χ0v) is 31.5. The number of piperazine rings is 1. The zero-order valence-electron chi connectivity index (χ0n) is 31.5. The predicted molar refractivity (Wildman–Crippen MR) is 207 cm³/mol. The molecule has 1 unspecified atom stereocenters. The fraction of sp³-hybridized carbons (Fsp3) is 0.537. The molecule has 54 heavy (non-hydrogen) atoms. The molecule has 3 saturated heterocycles. The Balaban J connectivity index is 1.09. The van der Waals surface area contributed by atoms with Crippen LogP contribution in [0.3, 0.4) is 0 Å². The lowest BCUT2D eigenvalue weighted by Gasteiger charge is -2.39. The number of amides is 1. The van der Waals surface area contributed by atoms with Gasteiger partial charge in [0.25, 0.3) is 0 Å². The Hall–Kier alpha value is -4.93. The molecule has 8 rings (SSSR count). The molecule has 4 aliphatic heterocycles. The van der Waals surface area contributed by atoms with Crippen LogP contribution in [-0.2, 0) is 29.0 Å². The quantitative estimate of drug-likeness (QED) is 0.190. The molecule has 0 aliphatic carbocycles. The van der Waals surface area contributed by atoms with Crippen LogP contribution in [-0.4, -0.2) is 107 Å². The van der Waals surface area contributed by atoms with Gasteiger partial charge in [0.05, 0.1) is 29.6 Å². The van der Waals surface area contributed by atoms with Gasteiger partial charge in [-0.15, -0.1) is 0 Å². The summed E-state index contributed by atoms with van der Waals surface area (Å²) in [6, 6.07) is 14.4. The third-order valence-corrected chi connectivity index (χ3v) is 11.5. The van der Waals surface area contributed by atoms with Crippen LogP contribution in [0.2, 0.25) is 0 Å². The first-order chi connectivity index (χ1) is 26.5. The Bertz CT molecular complexity index is 1970. The van der Waals surface area contributed by atoms with Crippen molar-refractivity contribution in [3.8, 4) is 6.01 Å². The van der Waals surface area contributed by atoms with Crippen LogP contribution in [0.1, 0.15) is 67.1 Å². The van der Waals surface area contributed by atoms with E-state index in [1.54, 1.807) is 4.90 Å². The number of fused-ring (bicyclic) bond motifs is 2. The molecule has 0 N–H and O–H groups in total. The number of carbonyl (C=O) groups excluding carboxylic acids is 1. The van der Waals surface area contributed by atoms with E-state index < -0.39 is 6.09 Å². The summed E-state index contributed by atoms with van der Waals surface area (Å²) >= 11 is 0. The average molecular weight is 734 g/mol. The minimum atomic E-state index is -0.392. The summed E-state index contributed by atoms with van der Waals surface area (Å²) < 4.78 is 20.4. The van der Waals surface area contributed by atoms with Crippen molar-refractivity contribution in [1.29, 1.82) is 0 Å². The van der Waals surface area contributed by atoms with E-state index in [1.807, 2.05) is 36.5 Å². The number of carbonyl (C=O) groups is 1. The Morgan fingerprint density at radius 3 is 2.67 bits per heavy atom. The van der Waals surface area contributed by atoms with Crippen molar-refractivity contribution >= 4 is 28.5 Å². The number of rotatable bonds is 9. The second kappa shape index (κ2) is 16.2. The van der Waals surface area contributed by atoms with Crippen LogP contribution in [0, 0.1) is 13.5 Å². The topological polar surface area (TPSA) is 106 Å². The molecule has 0 spiro atoms. The van der Waals surface area contributed by atoms with E-state index in [1.165, 1.54) is 11.3 Å². The van der Waals surface area contributed by atoms with E-state index >= 15 is 0 Å². The highest BCUT2D eigenvalue weighted by Crippen LogP contribution is 2.37. The summed E-state index contributed by atoms with van der Waals surface area (Å²) in [4.78, 5) is 36.1. The van der Waals surface area contributed by atoms with Crippen molar-refractivity contribution in [1.82, 2.24) is 29.5 Å². The number of ether oxygens (including phenoxy) is 3. The van der Waals surface area contributed by atoms with Crippen LogP contribution in [0.25, 0.3) is 15.7 Å². The molecule has 3 fully saturated rings. The molecule has 284 valence electrons. The summed E-state index contributed by atoms with van der Waals surface area (Å²) in [5.41, 5.74) is 6.46. The molecule has 13 heteroatoms. The summed E-state index contributed by atoms with van der Waals surface area (Å²) in [6.45, 7) is 15.6. The van der Waals surface area contributed by atoms with Crippen molar-refractivity contribution in [3.63, 3.8) is 0 Å². The third kappa shape index (κ3) is 7.54. The van der Waals surface area contributed by atoms with E-state index in [0.717, 1.165) is 98.2 Å². The molecule has 1 amide bonds. The number of benzene rings is 2. The fourth-order valence-corrected chi connectivity index (χ4v) is 8.60. The summed E-state index contributed by atoms with van der Waals surface area (Å²) in [6.07, 6.45) is 8.75. The lowest BCUT2D eigenvalue weighted by atomic mass is 10.1.